The zero-order valence-corrected chi connectivity index (χ0v) is 18.5. The van der Waals surface area contributed by atoms with Crippen LogP contribution in [0, 0.1) is 6.92 Å². The van der Waals surface area contributed by atoms with Gasteiger partial charge in [-0.05, 0) is 43.7 Å². The first-order valence-corrected chi connectivity index (χ1v) is 11.7. The first-order valence-electron chi connectivity index (χ1n) is 9.15. The number of hydrogen-bond acceptors (Lipinski definition) is 6. The van der Waals surface area contributed by atoms with Crippen molar-refractivity contribution in [2.75, 3.05) is 12.8 Å². The Labute approximate surface area is 180 Å². The number of rotatable bonds is 7. The number of nitrogens with two attached hydrogens (primary N) is 1. The Morgan fingerprint density at radius 3 is 2.60 bits per heavy atom. The number of carbonyl (C=O) groups is 1. The van der Waals surface area contributed by atoms with E-state index in [9.17, 15) is 13.2 Å². The Morgan fingerprint density at radius 2 is 1.93 bits per heavy atom. The maximum atomic E-state index is 12.7. The summed E-state index contributed by atoms with van der Waals surface area (Å²) < 4.78 is 25.0. The van der Waals surface area contributed by atoms with Gasteiger partial charge in [0.1, 0.15) is 6.33 Å². The van der Waals surface area contributed by atoms with Gasteiger partial charge in [-0.2, -0.15) is 0 Å². The van der Waals surface area contributed by atoms with Crippen molar-refractivity contribution in [1.82, 2.24) is 19.7 Å². The lowest BCUT2D eigenvalue weighted by Crippen LogP contribution is -2.31. The standard InChI is InChI=1S/C20H23N5O3S2/c1-14-7-9-17(10-8-14)25-13-22-23-20(25)29-12-19(26)24(3)15(2)16-5-4-6-18(11-16)30(21,27)28/h4-11,13,15H,12H2,1-3H3,(H2,21,27,28). The minimum absolute atomic E-state index is 0.0215. The third-order valence-corrected chi connectivity index (χ3v) is 6.64. The molecular formula is C20H23N5O3S2. The molecule has 0 spiro atoms. The van der Waals surface area contributed by atoms with E-state index in [1.807, 2.05) is 42.7 Å². The maximum Gasteiger partial charge on any atom is 0.238 e. The number of nitrogens with zero attached hydrogens (tertiary/aromatic N) is 4. The van der Waals surface area contributed by atoms with Crippen LogP contribution >= 0.6 is 11.8 Å². The van der Waals surface area contributed by atoms with E-state index >= 15 is 0 Å². The number of benzene rings is 2. The summed E-state index contributed by atoms with van der Waals surface area (Å²) in [6.07, 6.45) is 1.61. The smallest absolute Gasteiger partial charge is 0.238 e. The Hall–Kier alpha value is -2.69. The topological polar surface area (TPSA) is 111 Å². The van der Waals surface area contributed by atoms with Crippen molar-refractivity contribution in [2.24, 2.45) is 5.14 Å². The Bertz CT molecular complexity index is 1140. The van der Waals surface area contributed by atoms with E-state index in [1.165, 1.54) is 23.9 Å². The molecule has 8 nitrogen and oxygen atoms in total. The lowest BCUT2D eigenvalue weighted by atomic mass is 10.1. The monoisotopic (exact) mass is 445 g/mol. The summed E-state index contributed by atoms with van der Waals surface area (Å²) >= 11 is 1.29. The van der Waals surface area contributed by atoms with Crippen LogP contribution in [0.3, 0.4) is 0 Å². The van der Waals surface area contributed by atoms with Gasteiger partial charge < -0.3 is 4.90 Å². The molecule has 0 radical (unpaired) electrons. The van der Waals surface area contributed by atoms with E-state index < -0.39 is 10.0 Å². The Balaban J connectivity index is 1.69. The van der Waals surface area contributed by atoms with Crippen molar-refractivity contribution in [1.29, 1.82) is 0 Å². The Morgan fingerprint density at radius 1 is 1.23 bits per heavy atom. The molecule has 0 aliphatic carbocycles. The largest absolute Gasteiger partial charge is 0.338 e. The number of thioether (sulfide) groups is 1. The highest BCUT2D eigenvalue weighted by atomic mass is 32.2. The summed E-state index contributed by atoms with van der Waals surface area (Å²) in [6.45, 7) is 3.85. The summed E-state index contributed by atoms with van der Waals surface area (Å²) in [5, 5.41) is 13.9. The number of amides is 1. The highest BCUT2D eigenvalue weighted by Gasteiger charge is 2.20. The number of carbonyl (C=O) groups excluding carboxylic acids is 1. The highest BCUT2D eigenvalue weighted by molar-refractivity contribution is 7.99. The van der Waals surface area contributed by atoms with Crippen LogP contribution < -0.4 is 5.14 Å². The fourth-order valence-corrected chi connectivity index (χ4v) is 4.25. The normalized spacial score (nSPS) is 12.5. The second-order valence-corrected chi connectivity index (χ2v) is 9.41. The van der Waals surface area contributed by atoms with Crippen LogP contribution in [0.4, 0.5) is 0 Å². The van der Waals surface area contributed by atoms with Gasteiger partial charge in [0.25, 0.3) is 0 Å². The van der Waals surface area contributed by atoms with Crippen LogP contribution in [0.15, 0.2) is 64.9 Å². The lowest BCUT2D eigenvalue weighted by Gasteiger charge is -2.25. The Kier molecular flexibility index (Phi) is 6.59. The molecule has 0 saturated heterocycles. The predicted octanol–water partition coefficient (Wildman–Crippen LogP) is 2.53. The maximum absolute atomic E-state index is 12.7. The molecule has 10 heteroatoms. The molecule has 0 aliphatic rings. The first-order chi connectivity index (χ1) is 14.2. The van der Waals surface area contributed by atoms with Gasteiger partial charge in [-0.15, -0.1) is 10.2 Å². The zero-order valence-electron chi connectivity index (χ0n) is 16.9. The van der Waals surface area contributed by atoms with Gasteiger partial charge in [-0.3, -0.25) is 9.36 Å². The third-order valence-electron chi connectivity index (χ3n) is 4.80. The zero-order chi connectivity index (χ0) is 21.9. The minimum atomic E-state index is -3.80. The van der Waals surface area contributed by atoms with Crippen LogP contribution in [0.1, 0.15) is 24.1 Å². The van der Waals surface area contributed by atoms with Crippen molar-refractivity contribution < 1.29 is 13.2 Å². The molecule has 0 saturated carbocycles. The molecule has 3 aromatic rings. The molecule has 0 fully saturated rings. The van der Waals surface area contributed by atoms with E-state index in [2.05, 4.69) is 10.2 Å². The molecule has 3 rings (SSSR count). The van der Waals surface area contributed by atoms with E-state index in [1.54, 1.807) is 30.4 Å². The van der Waals surface area contributed by atoms with Crippen molar-refractivity contribution in [3.05, 3.63) is 66.0 Å². The molecule has 2 N–H and O–H groups in total. The van der Waals surface area contributed by atoms with Gasteiger partial charge in [-0.1, -0.05) is 41.6 Å². The summed E-state index contributed by atoms with van der Waals surface area (Å²) in [5.74, 6) is 0.0484. The van der Waals surface area contributed by atoms with E-state index in [4.69, 9.17) is 5.14 Å². The van der Waals surface area contributed by atoms with Gasteiger partial charge >= 0.3 is 0 Å². The van der Waals surface area contributed by atoms with Crippen molar-refractivity contribution in [3.8, 4) is 5.69 Å². The van der Waals surface area contributed by atoms with Gasteiger partial charge in [0.05, 0.1) is 16.7 Å². The molecule has 1 aromatic heterocycles. The first kappa shape index (κ1) is 22.0. The van der Waals surface area contributed by atoms with Crippen molar-refractivity contribution in [3.63, 3.8) is 0 Å². The highest BCUT2D eigenvalue weighted by Crippen LogP contribution is 2.24. The van der Waals surface area contributed by atoms with Crippen molar-refractivity contribution in [2.45, 2.75) is 29.9 Å². The summed E-state index contributed by atoms with van der Waals surface area (Å²) in [4.78, 5) is 14.3. The quantitative estimate of drug-likeness (QED) is 0.560. The average molecular weight is 446 g/mol. The van der Waals surface area contributed by atoms with Crippen LogP contribution in [0.5, 0.6) is 0 Å². The predicted molar refractivity (Wildman–Crippen MR) is 116 cm³/mol. The summed E-state index contributed by atoms with van der Waals surface area (Å²) in [5.41, 5.74) is 2.76. The number of sulfonamides is 1. The molecular weight excluding hydrogens is 422 g/mol. The van der Waals surface area contributed by atoms with Crippen molar-refractivity contribution >= 4 is 27.7 Å². The van der Waals surface area contributed by atoms with Gasteiger partial charge in [0, 0.05) is 12.7 Å². The molecule has 2 aromatic carbocycles. The third kappa shape index (κ3) is 5.07. The molecule has 0 bridgehead atoms. The minimum Gasteiger partial charge on any atom is -0.338 e. The van der Waals surface area contributed by atoms with Gasteiger partial charge in [-0.25, -0.2) is 13.6 Å². The average Bonchev–Trinajstić information content (AvgIpc) is 3.19. The lowest BCUT2D eigenvalue weighted by molar-refractivity contribution is -0.128. The van der Waals surface area contributed by atoms with E-state index in [0.29, 0.717) is 10.7 Å². The number of aryl methyl sites for hydroxylation is 1. The summed E-state index contributed by atoms with van der Waals surface area (Å²) in [7, 11) is -2.12. The number of aromatic nitrogens is 3. The van der Waals surface area contributed by atoms with Crippen LogP contribution in [-0.2, 0) is 14.8 Å². The molecule has 1 heterocycles. The second-order valence-electron chi connectivity index (χ2n) is 6.91. The van der Waals surface area contributed by atoms with E-state index in [0.717, 1.165) is 11.3 Å². The van der Waals surface area contributed by atoms with Crippen LogP contribution in [0.25, 0.3) is 5.69 Å². The van der Waals surface area contributed by atoms with Crippen LogP contribution in [0.2, 0.25) is 0 Å². The fourth-order valence-electron chi connectivity index (χ4n) is 2.82. The molecule has 1 unspecified atom stereocenters. The molecule has 158 valence electrons. The van der Waals surface area contributed by atoms with E-state index in [-0.39, 0.29) is 22.6 Å². The fraction of sp³-hybridized carbons (Fsp3) is 0.250. The summed E-state index contributed by atoms with van der Waals surface area (Å²) in [6, 6.07) is 13.9. The van der Waals surface area contributed by atoms with Gasteiger partial charge in [0.2, 0.25) is 15.9 Å². The van der Waals surface area contributed by atoms with Crippen LogP contribution in [-0.4, -0.2) is 46.8 Å². The molecule has 1 amide bonds. The molecule has 0 aliphatic heterocycles. The molecule has 1 atom stereocenters. The second kappa shape index (κ2) is 8.99. The molecule has 30 heavy (non-hydrogen) atoms. The SMILES string of the molecule is Cc1ccc(-n2cnnc2SCC(=O)N(C)C(C)c2cccc(S(N)(=O)=O)c2)cc1. The number of hydrogen-bond donors (Lipinski definition) is 1. The number of primary sulfonamides is 1. The van der Waals surface area contributed by atoms with Gasteiger partial charge in [0.15, 0.2) is 5.16 Å².